The summed E-state index contributed by atoms with van der Waals surface area (Å²) >= 11 is 0. The second-order valence-corrected chi connectivity index (χ2v) is 11.9. The van der Waals surface area contributed by atoms with Gasteiger partial charge in [-0.25, -0.2) is 17.5 Å². The number of nitrogens with one attached hydrogen (secondary N) is 2. The maximum absolute atomic E-state index is 15.2. The van der Waals surface area contributed by atoms with Crippen LogP contribution in [0.4, 0.5) is 10.1 Å². The first-order valence-electron chi connectivity index (χ1n) is 10.8. The molecular weight excluding hydrogens is 405 g/mol. The highest BCUT2D eigenvalue weighted by molar-refractivity contribution is 7.90. The van der Waals surface area contributed by atoms with Crippen molar-refractivity contribution in [3.63, 3.8) is 0 Å². The van der Waals surface area contributed by atoms with Crippen LogP contribution in [0.25, 0.3) is 10.9 Å². The summed E-state index contributed by atoms with van der Waals surface area (Å²) in [6, 6.07) is 5.72. The molecular formula is C22H32FN3O3S. The highest BCUT2D eigenvalue weighted by Gasteiger charge is 2.33. The molecule has 0 spiro atoms. The van der Waals surface area contributed by atoms with Crippen molar-refractivity contribution in [2.45, 2.75) is 63.2 Å². The van der Waals surface area contributed by atoms with E-state index >= 15 is 4.39 Å². The summed E-state index contributed by atoms with van der Waals surface area (Å²) < 4.78 is 47.5. The molecule has 0 bridgehead atoms. The summed E-state index contributed by atoms with van der Waals surface area (Å²) in [5.41, 5.74) is 2.49. The van der Waals surface area contributed by atoms with Crippen LogP contribution in [0.5, 0.6) is 0 Å². The number of hydrogen-bond donors (Lipinski definition) is 2. The summed E-state index contributed by atoms with van der Waals surface area (Å²) in [5.74, 6) is 0.113. The Hall–Kier alpha value is -1.64. The Labute approximate surface area is 178 Å². The second kappa shape index (κ2) is 8.13. The van der Waals surface area contributed by atoms with Gasteiger partial charge in [-0.05, 0) is 70.6 Å². The van der Waals surface area contributed by atoms with E-state index in [4.69, 9.17) is 4.74 Å². The SMILES string of the molecule is CC(C)(C)S(=O)(=O)NC1CCC(c2cc3c(F)c(N4CCOCC4)ccc3[nH]2)CC1. The average Bonchev–Trinajstić information content (AvgIpc) is 3.14. The zero-order valence-electron chi connectivity index (χ0n) is 18.0. The van der Waals surface area contributed by atoms with Gasteiger partial charge in [0.25, 0.3) is 0 Å². The van der Waals surface area contributed by atoms with Crippen LogP contribution in [0, 0.1) is 5.82 Å². The number of morpholine rings is 1. The molecule has 0 unspecified atom stereocenters. The molecule has 0 atom stereocenters. The average molecular weight is 438 g/mol. The van der Waals surface area contributed by atoms with Gasteiger partial charge in [-0.3, -0.25) is 0 Å². The van der Waals surface area contributed by atoms with Gasteiger partial charge in [0.15, 0.2) is 5.82 Å². The number of H-pyrrole nitrogens is 1. The van der Waals surface area contributed by atoms with E-state index in [1.54, 1.807) is 20.8 Å². The summed E-state index contributed by atoms with van der Waals surface area (Å²) in [5, 5.41) is 0.629. The van der Waals surface area contributed by atoms with Gasteiger partial charge in [-0.15, -0.1) is 0 Å². The first kappa shape index (κ1) is 21.6. The van der Waals surface area contributed by atoms with Gasteiger partial charge in [0.2, 0.25) is 10.0 Å². The lowest BCUT2D eigenvalue weighted by Crippen LogP contribution is -2.45. The lowest BCUT2D eigenvalue weighted by molar-refractivity contribution is 0.122. The number of aromatic amines is 1. The molecule has 0 radical (unpaired) electrons. The van der Waals surface area contributed by atoms with E-state index in [1.165, 1.54) is 0 Å². The smallest absolute Gasteiger partial charge is 0.216 e. The normalized spacial score (nSPS) is 23.8. The van der Waals surface area contributed by atoms with Gasteiger partial charge < -0.3 is 14.6 Å². The molecule has 2 aliphatic rings. The van der Waals surface area contributed by atoms with Crippen molar-refractivity contribution in [3.05, 3.63) is 29.7 Å². The number of rotatable bonds is 4. The molecule has 1 aliphatic carbocycles. The van der Waals surface area contributed by atoms with Gasteiger partial charge in [0, 0.05) is 35.7 Å². The lowest BCUT2D eigenvalue weighted by atomic mass is 9.84. The van der Waals surface area contributed by atoms with Crippen molar-refractivity contribution < 1.29 is 17.5 Å². The zero-order chi connectivity index (χ0) is 21.5. The highest BCUT2D eigenvalue weighted by Crippen LogP contribution is 2.36. The number of benzene rings is 1. The third kappa shape index (κ3) is 4.22. The van der Waals surface area contributed by atoms with E-state index in [2.05, 4.69) is 9.71 Å². The molecule has 8 heteroatoms. The molecule has 2 N–H and O–H groups in total. The molecule has 0 amide bonds. The maximum atomic E-state index is 15.2. The quantitative estimate of drug-likeness (QED) is 0.761. The molecule has 1 saturated heterocycles. The third-order valence-electron chi connectivity index (χ3n) is 6.39. The van der Waals surface area contributed by atoms with Crippen molar-refractivity contribution in [3.8, 4) is 0 Å². The minimum absolute atomic E-state index is 0.0282. The monoisotopic (exact) mass is 437 g/mol. The third-order valence-corrected chi connectivity index (χ3v) is 8.64. The number of halogens is 1. The first-order valence-corrected chi connectivity index (χ1v) is 12.3. The molecule has 4 rings (SSSR count). The van der Waals surface area contributed by atoms with E-state index in [-0.39, 0.29) is 11.9 Å². The highest BCUT2D eigenvalue weighted by atomic mass is 32.2. The van der Waals surface area contributed by atoms with E-state index < -0.39 is 14.8 Å². The summed E-state index contributed by atoms with van der Waals surface area (Å²) in [6.45, 7) is 7.79. The van der Waals surface area contributed by atoms with Gasteiger partial charge in [0.1, 0.15) is 0 Å². The Balaban J connectivity index is 1.46. The molecule has 2 fully saturated rings. The van der Waals surface area contributed by atoms with Crippen molar-refractivity contribution >= 4 is 26.6 Å². The molecule has 1 aromatic carbocycles. The van der Waals surface area contributed by atoms with Crippen molar-refractivity contribution in [1.29, 1.82) is 0 Å². The van der Waals surface area contributed by atoms with E-state index in [9.17, 15) is 8.42 Å². The summed E-state index contributed by atoms with van der Waals surface area (Å²) in [4.78, 5) is 5.44. The van der Waals surface area contributed by atoms with Crippen LogP contribution in [-0.4, -0.2) is 50.5 Å². The Morgan fingerprint density at radius 3 is 2.43 bits per heavy atom. The van der Waals surface area contributed by atoms with Crippen LogP contribution in [0.1, 0.15) is 58.1 Å². The molecule has 6 nitrogen and oxygen atoms in total. The Kier molecular flexibility index (Phi) is 5.85. The Morgan fingerprint density at radius 2 is 1.80 bits per heavy atom. The molecule has 1 aromatic heterocycles. The number of fused-ring (bicyclic) bond motifs is 1. The van der Waals surface area contributed by atoms with Gasteiger partial charge in [-0.1, -0.05) is 0 Å². The predicted octanol–water partition coefficient (Wildman–Crippen LogP) is 3.89. The van der Waals surface area contributed by atoms with E-state index in [0.717, 1.165) is 36.9 Å². The predicted molar refractivity (Wildman–Crippen MR) is 118 cm³/mol. The van der Waals surface area contributed by atoms with Crippen LogP contribution in [-0.2, 0) is 14.8 Å². The summed E-state index contributed by atoms with van der Waals surface area (Å²) in [7, 11) is -3.34. The number of ether oxygens (including phenoxy) is 1. The largest absolute Gasteiger partial charge is 0.378 e. The fourth-order valence-electron chi connectivity index (χ4n) is 4.37. The maximum Gasteiger partial charge on any atom is 0.216 e. The lowest BCUT2D eigenvalue weighted by Gasteiger charge is -2.31. The second-order valence-electron chi connectivity index (χ2n) is 9.47. The zero-order valence-corrected chi connectivity index (χ0v) is 18.8. The van der Waals surface area contributed by atoms with Crippen molar-refractivity contribution in [2.75, 3.05) is 31.2 Å². The van der Waals surface area contributed by atoms with Gasteiger partial charge >= 0.3 is 0 Å². The topological polar surface area (TPSA) is 74.4 Å². The van der Waals surface area contributed by atoms with Crippen molar-refractivity contribution in [1.82, 2.24) is 9.71 Å². The summed E-state index contributed by atoms with van der Waals surface area (Å²) in [6.07, 6.45) is 3.33. The molecule has 1 saturated carbocycles. The number of anilines is 1. The standard InChI is InChI=1S/C22H32FN3O3S/c1-22(2,3)30(27,28)25-16-6-4-15(5-7-16)19-14-17-18(24-19)8-9-20(21(17)23)26-10-12-29-13-11-26/h8-9,14-16,24-25H,4-7,10-13H2,1-3H3. The molecule has 166 valence electrons. The van der Waals surface area contributed by atoms with Crippen LogP contribution in [0.2, 0.25) is 0 Å². The number of aromatic nitrogens is 1. The fourth-order valence-corrected chi connectivity index (χ4v) is 5.39. The molecule has 30 heavy (non-hydrogen) atoms. The van der Waals surface area contributed by atoms with E-state index in [1.807, 2.05) is 23.1 Å². The van der Waals surface area contributed by atoms with E-state index in [0.29, 0.717) is 43.3 Å². The van der Waals surface area contributed by atoms with Crippen molar-refractivity contribution in [2.24, 2.45) is 0 Å². The van der Waals surface area contributed by atoms with Crippen LogP contribution in [0.15, 0.2) is 18.2 Å². The molecule has 2 heterocycles. The number of hydrogen-bond acceptors (Lipinski definition) is 4. The fraction of sp³-hybridized carbons (Fsp3) is 0.636. The van der Waals surface area contributed by atoms with Gasteiger partial charge in [-0.2, -0.15) is 0 Å². The van der Waals surface area contributed by atoms with Crippen LogP contribution >= 0.6 is 0 Å². The van der Waals surface area contributed by atoms with Gasteiger partial charge in [0.05, 0.1) is 23.6 Å². The number of sulfonamides is 1. The Bertz CT molecular complexity index is 999. The Morgan fingerprint density at radius 1 is 1.13 bits per heavy atom. The van der Waals surface area contributed by atoms with Crippen LogP contribution < -0.4 is 9.62 Å². The number of nitrogens with zero attached hydrogens (tertiary/aromatic N) is 1. The first-order chi connectivity index (χ1) is 14.2. The molecule has 1 aliphatic heterocycles. The minimum atomic E-state index is -3.34. The minimum Gasteiger partial charge on any atom is -0.378 e. The van der Waals surface area contributed by atoms with Crippen LogP contribution in [0.3, 0.4) is 0 Å². The molecule has 2 aromatic rings.